The Kier molecular flexibility index (Phi) is 2.88. The summed E-state index contributed by atoms with van der Waals surface area (Å²) in [4.78, 5) is 6.19. The molecule has 80 valence electrons. The second-order valence-corrected chi connectivity index (χ2v) is 3.50. The molecule has 2 heterocycles. The largest absolute Gasteiger partial charge is 0.472 e. The minimum absolute atomic E-state index is 0.570. The summed E-state index contributed by atoms with van der Waals surface area (Å²) in [7, 11) is 1.95. The van der Waals surface area contributed by atoms with Crippen LogP contribution in [0.3, 0.4) is 0 Å². The molecule has 16 heavy (non-hydrogen) atoms. The molecule has 0 unspecified atom stereocenters. The number of anilines is 1. The van der Waals surface area contributed by atoms with Gasteiger partial charge >= 0.3 is 0 Å². The maximum atomic E-state index is 8.66. The van der Waals surface area contributed by atoms with E-state index in [-0.39, 0.29) is 0 Å². The Morgan fingerprint density at radius 3 is 2.88 bits per heavy atom. The number of pyridine rings is 1. The van der Waals surface area contributed by atoms with Crippen LogP contribution in [0.2, 0.25) is 0 Å². The summed E-state index contributed by atoms with van der Waals surface area (Å²) in [6.07, 6.45) is 4.93. The van der Waals surface area contributed by atoms with Crippen molar-refractivity contribution >= 4 is 5.82 Å². The Hall–Kier alpha value is -2.28. The van der Waals surface area contributed by atoms with Gasteiger partial charge in [0.1, 0.15) is 11.9 Å². The fourth-order valence-corrected chi connectivity index (χ4v) is 1.42. The van der Waals surface area contributed by atoms with Gasteiger partial charge in [-0.25, -0.2) is 4.98 Å². The molecule has 0 aliphatic rings. The fourth-order valence-electron chi connectivity index (χ4n) is 1.42. The van der Waals surface area contributed by atoms with Crippen LogP contribution < -0.4 is 4.90 Å². The van der Waals surface area contributed by atoms with Crippen LogP contribution in [0, 0.1) is 11.3 Å². The van der Waals surface area contributed by atoms with Crippen LogP contribution >= 0.6 is 0 Å². The van der Waals surface area contributed by atoms with Crippen LogP contribution in [-0.2, 0) is 6.54 Å². The molecule has 0 aliphatic carbocycles. The highest BCUT2D eigenvalue weighted by atomic mass is 16.3. The van der Waals surface area contributed by atoms with E-state index in [9.17, 15) is 0 Å². The standard InChI is InChI=1S/C12H11N3O/c1-15(8-11-4-5-16-9-11)12-3-2-10(6-13)7-14-12/h2-5,7,9H,8H2,1H3. The van der Waals surface area contributed by atoms with Gasteiger partial charge in [0.05, 0.1) is 18.1 Å². The predicted octanol–water partition coefficient (Wildman–Crippen LogP) is 2.18. The van der Waals surface area contributed by atoms with Gasteiger partial charge in [0.15, 0.2) is 0 Å². The van der Waals surface area contributed by atoms with E-state index in [1.165, 1.54) is 0 Å². The van der Waals surface area contributed by atoms with Crippen LogP contribution in [-0.4, -0.2) is 12.0 Å². The maximum absolute atomic E-state index is 8.66. The average Bonchev–Trinajstić information content (AvgIpc) is 2.82. The summed E-state index contributed by atoms with van der Waals surface area (Å²) in [5.41, 5.74) is 1.66. The quantitative estimate of drug-likeness (QED) is 0.784. The molecule has 0 fully saturated rings. The van der Waals surface area contributed by atoms with Gasteiger partial charge in [-0.15, -0.1) is 0 Å². The first-order chi connectivity index (χ1) is 7.79. The highest BCUT2D eigenvalue weighted by Crippen LogP contribution is 2.12. The van der Waals surface area contributed by atoms with E-state index in [1.807, 2.05) is 30.1 Å². The van der Waals surface area contributed by atoms with E-state index in [2.05, 4.69) is 4.98 Å². The van der Waals surface area contributed by atoms with Crippen LogP contribution in [0.5, 0.6) is 0 Å². The van der Waals surface area contributed by atoms with Crippen molar-refractivity contribution in [3.63, 3.8) is 0 Å². The Balaban J connectivity index is 2.09. The van der Waals surface area contributed by atoms with E-state index in [1.54, 1.807) is 24.8 Å². The normalized spacial score (nSPS) is 9.75. The molecule has 0 atom stereocenters. The lowest BCUT2D eigenvalue weighted by atomic mass is 10.3. The molecule has 2 aromatic rings. The molecular weight excluding hydrogens is 202 g/mol. The van der Waals surface area contributed by atoms with Gasteiger partial charge in [-0.2, -0.15) is 5.26 Å². The number of rotatable bonds is 3. The first kappa shape index (κ1) is 10.2. The third-order valence-electron chi connectivity index (χ3n) is 2.27. The van der Waals surface area contributed by atoms with E-state index in [4.69, 9.17) is 9.68 Å². The molecule has 4 nitrogen and oxygen atoms in total. The number of furan rings is 1. The Bertz CT molecular complexity index is 482. The summed E-state index contributed by atoms with van der Waals surface area (Å²) >= 11 is 0. The van der Waals surface area contributed by atoms with Crippen molar-refractivity contribution in [3.8, 4) is 6.07 Å². The van der Waals surface area contributed by atoms with E-state index >= 15 is 0 Å². The SMILES string of the molecule is CN(Cc1ccoc1)c1ccc(C#N)cn1. The molecule has 0 saturated heterocycles. The Morgan fingerprint density at radius 2 is 2.31 bits per heavy atom. The highest BCUT2D eigenvalue weighted by molar-refractivity contribution is 5.41. The summed E-state index contributed by atoms with van der Waals surface area (Å²) in [6, 6.07) is 7.55. The van der Waals surface area contributed by atoms with Gasteiger partial charge in [-0.3, -0.25) is 0 Å². The molecule has 2 aromatic heterocycles. The van der Waals surface area contributed by atoms with E-state index in [0.29, 0.717) is 5.56 Å². The van der Waals surface area contributed by atoms with Crippen molar-refractivity contribution in [2.24, 2.45) is 0 Å². The average molecular weight is 213 g/mol. The molecule has 0 saturated carbocycles. The van der Waals surface area contributed by atoms with Crippen LogP contribution in [0.25, 0.3) is 0 Å². The van der Waals surface area contributed by atoms with E-state index < -0.39 is 0 Å². The summed E-state index contributed by atoms with van der Waals surface area (Å²) in [6.45, 7) is 0.732. The van der Waals surface area contributed by atoms with Crippen LogP contribution in [0.15, 0.2) is 41.3 Å². The Morgan fingerprint density at radius 1 is 1.44 bits per heavy atom. The zero-order chi connectivity index (χ0) is 11.4. The molecule has 0 aromatic carbocycles. The van der Waals surface area contributed by atoms with Crippen molar-refractivity contribution < 1.29 is 4.42 Å². The van der Waals surface area contributed by atoms with Gasteiger partial charge in [-0.1, -0.05) is 0 Å². The molecule has 0 spiro atoms. The predicted molar refractivity (Wildman–Crippen MR) is 59.8 cm³/mol. The zero-order valence-electron chi connectivity index (χ0n) is 8.92. The minimum Gasteiger partial charge on any atom is -0.472 e. The molecule has 2 rings (SSSR count). The minimum atomic E-state index is 0.570. The first-order valence-electron chi connectivity index (χ1n) is 4.88. The fraction of sp³-hybridized carbons (Fsp3) is 0.167. The monoisotopic (exact) mass is 213 g/mol. The van der Waals surface area contributed by atoms with Gasteiger partial charge in [-0.05, 0) is 18.2 Å². The maximum Gasteiger partial charge on any atom is 0.128 e. The summed E-state index contributed by atoms with van der Waals surface area (Å²) in [5, 5.41) is 8.66. The third kappa shape index (κ3) is 2.20. The van der Waals surface area contributed by atoms with Crippen molar-refractivity contribution in [3.05, 3.63) is 48.0 Å². The zero-order valence-corrected chi connectivity index (χ0v) is 8.92. The topological polar surface area (TPSA) is 53.1 Å². The third-order valence-corrected chi connectivity index (χ3v) is 2.27. The number of hydrogen-bond donors (Lipinski definition) is 0. The van der Waals surface area contributed by atoms with Gasteiger partial charge in [0, 0.05) is 25.4 Å². The Labute approximate surface area is 93.7 Å². The molecule has 0 amide bonds. The highest BCUT2D eigenvalue weighted by Gasteiger charge is 2.04. The smallest absolute Gasteiger partial charge is 0.128 e. The summed E-state index contributed by atoms with van der Waals surface area (Å²) < 4.78 is 5.00. The number of hydrogen-bond acceptors (Lipinski definition) is 4. The van der Waals surface area contributed by atoms with Crippen molar-refractivity contribution in [2.45, 2.75) is 6.54 Å². The lowest BCUT2D eigenvalue weighted by molar-refractivity contribution is 0.563. The van der Waals surface area contributed by atoms with E-state index in [0.717, 1.165) is 17.9 Å². The number of nitriles is 1. The van der Waals surface area contributed by atoms with Crippen molar-refractivity contribution in [2.75, 3.05) is 11.9 Å². The lowest BCUT2D eigenvalue weighted by Crippen LogP contribution is -2.17. The number of nitrogens with zero attached hydrogens (tertiary/aromatic N) is 3. The van der Waals surface area contributed by atoms with Gasteiger partial charge in [0.25, 0.3) is 0 Å². The molecule has 0 bridgehead atoms. The second kappa shape index (κ2) is 4.49. The van der Waals surface area contributed by atoms with Crippen molar-refractivity contribution in [1.29, 1.82) is 5.26 Å². The molecule has 0 aliphatic heterocycles. The molecule has 0 radical (unpaired) electrons. The summed E-state index contributed by atoms with van der Waals surface area (Å²) in [5.74, 6) is 0.834. The second-order valence-electron chi connectivity index (χ2n) is 3.50. The molecule has 0 N–H and O–H groups in total. The van der Waals surface area contributed by atoms with Gasteiger partial charge < -0.3 is 9.32 Å². The lowest BCUT2D eigenvalue weighted by Gasteiger charge is -2.16. The van der Waals surface area contributed by atoms with Crippen LogP contribution in [0.1, 0.15) is 11.1 Å². The van der Waals surface area contributed by atoms with Crippen molar-refractivity contribution in [1.82, 2.24) is 4.98 Å². The molecular formula is C12H11N3O. The van der Waals surface area contributed by atoms with Gasteiger partial charge in [0.2, 0.25) is 0 Å². The number of aromatic nitrogens is 1. The van der Waals surface area contributed by atoms with Crippen LogP contribution in [0.4, 0.5) is 5.82 Å². The first-order valence-corrected chi connectivity index (χ1v) is 4.88. The molecule has 4 heteroatoms.